The van der Waals surface area contributed by atoms with E-state index in [-0.39, 0.29) is 5.78 Å². The summed E-state index contributed by atoms with van der Waals surface area (Å²) in [5.41, 5.74) is 7.65. The van der Waals surface area contributed by atoms with Crippen LogP contribution in [0.4, 0.5) is 5.69 Å². The summed E-state index contributed by atoms with van der Waals surface area (Å²) in [6.07, 6.45) is 3.59. The number of hydrogen-bond donors (Lipinski definition) is 1. The van der Waals surface area contributed by atoms with E-state index < -0.39 is 0 Å². The molecule has 1 aromatic carbocycles. The summed E-state index contributed by atoms with van der Waals surface area (Å²) in [5.74, 6) is 0.476. The van der Waals surface area contributed by atoms with Gasteiger partial charge in [-0.1, -0.05) is 0 Å². The van der Waals surface area contributed by atoms with Gasteiger partial charge in [-0.15, -0.1) is 0 Å². The summed E-state index contributed by atoms with van der Waals surface area (Å²) in [6.45, 7) is 1.86. The van der Waals surface area contributed by atoms with Crippen molar-refractivity contribution in [2.45, 2.75) is 13.5 Å². The van der Waals surface area contributed by atoms with Crippen LogP contribution in [0.25, 0.3) is 0 Å². The number of aryl methyl sites for hydroxylation is 1. The average molecular weight is 245 g/mol. The summed E-state index contributed by atoms with van der Waals surface area (Å²) in [6, 6.07) is 5.05. The van der Waals surface area contributed by atoms with Crippen LogP contribution in [0.2, 0.25) is 0 Å². The van der Waals surface area contributed by atoms with Gasteiger partial charge in [-0.05, 0) is 25.1 Å². The zero-order chi connectivity index (χ0) is 13.1. The van der Waals surface area contributed by atoms with E-state index in [9.17, 15) is 4.79 Å². The molecule has 0 fully saturated rings. The molecule has 0 aliphatic heterocycles. The molecular formula is C13H15N3O2. The van der Waals surface area contributed by atoms with Gasteiger partial charge in [0.2, 0.25) is 0 Å². The minimum Gasteiger partial charge on any atom is -0.488 e. The normalized spacial score (nSPS) is 10.3. The highest BCUT2D eigenvalue weighted by Crippen LogP contribution is 2.22. The lowest BCUT2D eigenvalue weighted by molar-refractivity contribution is 0.101. The van der Waals surface area contributed by atoms with Gasteiger partial charge < -0.3 is 10.5 Å². The maximum absolute atomic E-state index is 11.5. The first-order valence-corrected chi connectivity index (χ1v) is 5.57. The first-order valence-electron chi connectivity index (χ1n) is 5.57. The van der Waals surface area contributed by atoms with Gasteiger partial charge in [-0.25, -0.2) is 0 Å². The Morgan fingerprint density at radius 1 is 1.50 bits per heavy atom. The number of ketones is 1. The Morgan fingerprint density at radius 3 is 2.89 bits per heavy atom. The van der Waals surface area contributed by atoms with Gasteiger partial charge in [0.1, 0.15) is 12.4 Å². The third-order valence-electron chi connectivity index (χ3n) is 2.54. The van der Waals surface area contributed by atoms with E-state index in [1.165, 1.54) is 6.92 Å². The molecule has 18 heavy (non-hydrogen) atoms. The van der Waals surface area contributed by atoms with Crippen LogP contribution >= 0.6 is 0 Å². The number of rotatable bonds is 4. The monoisotopic (exact) mass is 245 g/mol. The highest BCUT2D eigenvalue weighted by molar-refractivity contribution is 5.97. The molecule has 0 saturated carbocycles. The number of Topliss-reactive ketones (excluding diaryl/α,β-unsaturated/α-hetero) is 1. The predicted molar refractivity (Wildman–Crippen MR) is 68.4 cm³/mol. The van der Waals surface area contributed by atoms with E-state index in [0.717, 1.165) is 5.56 Å². The molecule has 0 amide bonds. The van der Waals surface area contributed by atoms with Gasteiger partial charge in [0.05, 0.1) is 11.8 Å². The molecule has 2 N–H and O–H groups in total. The van der Waals surface area contributed by atoms with Gasteiger partial charge >= 0.3 is 0 Å². The lowest BCUT2D eigenvalue weighted by Crippen LogP contribution is -2.02. The van der Waals surface area contributed by atoms with Crippen molar-refractivity contribution in [1.82, 2.24) is 9.78 Å². The van der Waals surface area contributed by atoms with Crippen molar-refractivity contribution in [2.75, 3.05) is 5.73 Å². The lowest BCUT2D eigenvalue weighted by atomic mass is 10.1. The van der Waals surface area contributed by atoms with E-state index in [1.54, 1.807) is 29.1 Å². The largest absolute Gasteiger partial charge is 0.488 e. The molecule has 0 atom stereocenters. The molecule has 0 spiro atoms. The Kier molecular flexibility index (Phi) is 3.32. The minimum atomic E-state index is -0.0662. The van der Waals surface area contributed by atoms with Gasteiger partial charge in [0, 0.05) is 24.5 Å². The van der Waals surface area contributed by atoms with Crippen LogP contribution in [0.1, 0.15) is 22.8 Å². The first-order chi connectivity index (χ1) is 8.56. The fraction of sp³-hybridized carbons (Fsp3) is 0.231. The minimum absolute atomic E-state index is 0.0662. The Morgan fingerprint density at radius 2 is 2.28 bits per heavy atom. The van der Waals surface area contributed by atoms with E-state index >= 15 is 0 Å². The number of aromatic nitrogens is 2. The van der Waals surface area contributed by atoms with Crippen molar-refractivity contribution in [3.63, 3.8) is 0 Å². The summed E-state index contributed by atoms with van der Waals surface area (Å²) in [4.78, 5) is 11.5. The maximum atomic E-state index is 11.5. The topological polar surface area (TPSA) is 70.1 Å². The van der Waals surface area contributed by atoms with Crippen LogP contribution in [0.3, 0.4) is 0 Å². The Bertz CT molecular complexity index is 575. The van der Waals surface area contributed by atoms with Crippen molar-refractivity contribution in [3.8, 4) is 5.75 Å². The Balaban J connectivity index is 2.16. The molecule has 0 saturated heterocycles. The second-order valence-corrected chi connectivity index (χ2v) is 4.12. The molecule has 0 aliphatic carbocycles. The fourth-order valence-electron chi connectivity index (χ4n) is 1.66. The van der Waals surface area contributed by atoms with Gasteiger partial charge in [-0.2, -0.15) is 5.10 Å². The number of anilines is 1. The van der Waals surface area contributed by atoms with Crippen molar-refractivity contribution in [3.05, 3.63) is 41.7 Å². The molecule has 0 bridgehead atoms. The maximum Gasteiger partial charge on any atom is 0.163 e. The van der Waals surface area contributed by atoms with Crippen LogP contribution in [0.15, 0.2) is 30.6 Å². The quantitative estimate of drug-likeness (QED) is 0.658. The van der Waals surface area contributed by atoms with Crippen LogP contribution < -0.4 is 10.5 Å². The average Bonchev–Trinajstić information content (AvgIpc) is 2.73. The molecule has 1 aromatic heterocycles. The zero-order valence-corrected chi connectivity index (χ0v) is 10.4. The predicted octanol–water partition coefficient (Wildman–Crippen LogP) is 1.78. The molecule has 1 heterocycles. The van der Waals surface area contributed by atoms with Crippen LogP contribution in [0.5, 0.6) is 5.75 Å². The van der Waals surface area contributed by atoms with E-state index in [2.05, 4.69) is 5.10 Å². The molecular weight excluding hydrogens is 230 g/mol. The standard InChI is InChI=1S/C13H15N3O2/c1-9(17)12-5-11(14)3-4-13(12)18-8-10-6-15-16(2)7-10/h3-7H,8,14H2,1-2H3. The zero-order valence-electron chi connectivity index (χ0n) is 10.4. The number of nitrogen functional groups attached to an aromatic ring is 1. The fourth-order valence-corrected chi connectivity index (χ4v) is 1.66. The van der Waals surface area contributed by atoms with Gasteiger partial charge in [-0.3, -0.25) is 9.48 Å². The number of ether oxygens (including phenoxy) is 1. The third kappa shape index (κ3) is 2.68. The summed E-state index contributed by atoms with van der Waals surface area (Å²) in [5, 5.41) is 4.05. The SMILES string of the molecule is CC(=O)c1cc(N)ccc1OCc1cnn(C)c1. The molecule has 0 radical (unpaired) electrons. The molecule has 5 nitrogen and oxygen atoms in total. The van der Waals surface area contributed by atoms with Crippen molar-refractivity contribution >= 4 is 11.5 Å². The van der Waals surface area contributed by atoms with E-state index in [0.29, 0.717) is 23.6 Å². The number of carbonyl (C=O) groups is 1. The highest BCUT2D eigenvalue weighted by Gasteiger charge is 2.09. The number of benzene rings is 1. The van der Waals surface area contributed by atoms with Crippen molar-refractivity contribution in [2.24, 2.45) is 7.05 Å². The van der Waals surface area contributed by atoms with Gasteiger partial charge in [0.15, 0.2) is 5.78 Å². The van der Waals surface area contributed by atoms with Crippen LogP contribution in [-0.2, 0) is 13.7 Å². The number of nitrogens with two attached hydrogens (primary N) is 1. The second-order valence-electron chi connectivity index (χ2n) is 4.12. The third-order valence-corrected chi connectivity index (χ3v) is 2.54. The van der Waals surface area contributed by atoms with Crippen molar-refractivity contribution < 1.29 is 9.53 Å². The number of carbonyl (C=O) groups excluding carboxylic acids is 1. The molecule has 2 aromatic rings. The Hall–Kier alpha value is -2.30. The van der Waals surface area contributed by atoms with Gasteiger partial charge in [0.25, 0.3) is 0 Å². The van der Waals surface area contributed by atoms with E-state index in [1.807, 2.05) is 13.2 Å². The first kappa shape index (κ1) is 12.2. The lowest BCUT2D eigenvalue weighted by Gasteiger charge is -2.09. The smallest absolute Gasteiger partial charge is 0.163 e. The van der Waals surface area contributed by atoms with Crippen LogP contribution in [-0.4, -0.2) is 15.6 Å². The highest BCUT2D eigenvalue weighted by atomic mass is 16.5. The molecule has 0 aliphatic rings. The second kappa shape index (κ2) is 4.91. The molecule has 5 heteroatoms. The summed E-state index contributed by atoms with van der Waals surface area (Å²) < 4.78 is 7.33. The van der Waals surface area contributed by atoms with Crippen LogP contribution in [0, 0.1) is 0 Å². The molecule has 0 unspecified atom stereocenters. The number of hydrogen-bond acceptors (Lipinski definition) is 4. The van der Waals surface area contributed by atoms with Crippen molar-refractivity contribution in [1.29, 1.82) is 0 Å². The Labute approximate surface area is 105 Å². The summed E-state index contributed by atoms with van der Waals surface area (Å²) >= 11 is 0. The number of nitrogens with zero attached hydrogens (tertiary/aromatic N) is 2. The summed E-state index contributed by atoms with van der Waals surface area (Å²) in [7, 11) is 1.84. The molecule has 94 valence electrons. The van der Waals surface area contributed by atoms with E-state index in [4.69, 9.17) is 10.5 Å². The molecule has 2 rings (SSSR count).